The number of primary amides is 1. The Labute approximate surface area is 110 Å². The summed E-state index contributed by atoms with van der Waals surface area (Å²) in [6.45, 7) is 0.603. The lowest BCUT2D eigenvalue weighted by Gasteiger charge is -2.11. The maximum absolute atomic E-state index is 11.4. The number of anilines is 2. The molecule has 0 spiro atoms. The molecule has 0 aliphatic carbocycles. The number of amides is 1. The number of nitrogens with two attached hydrogens (primary N) is 2. The summed E-state index contributed by atoms with van der Waals surface area (Å²) in [5.74, 6) is -1.02. The standard InChI is InChI=1S/C12H17N3O4/c1-18-12(17)8-3-2-4-9(11(8)14)15-5-6-19-7-10(13)16/h2-4,15H,5-7,14H2,1H3,(H2,13,16). The molecular weight excluding hydrogens is 250 g/mol. The van der Waals surface area contributed by atoms with Crippen LogP contribution in [0.1, 0.15) is 10.4 Å². The van der Waals surface area contributed by atoms with E-state index < -0.39 is 11.9 Å². The van der Waals surface area contributed by atoms with Gasteiger partial charge in [0.25, 0.3) is 0 Å². The number of para-hydroxylation sites is 1. The van der Waals surface area contributed by atoms with Gasteiger partial charge in [-0.05, 0) is 12.1 Å². The van der Waals surface area contributed by atoms with E-state index in [4.69, 9.17) is 16.2 Å². The van der Waals surface area contributed by atoms with Crippen LogP contribution in [0.25, 0.3) is 0 Å². The summed E-state index contributed by atoms with van der Waals surface area (Å²) in [5.41, 5.74) is 12.0. The van der Waals surface area contributed by atoms with Crippen LogP contribution >= 0.6 is 0 Å². The van der Waals surface area contributed by atoms with Gasteiger partial charge in [-0.3, -0.25) is 4.79 Å². The molecule has 1 aromatic rings. The molecule has 0 fully saturated rings. The quantitative estimate of drug-likeness (QED) is 0.363. The number of methoxy groups -OCH3 is 1. The summed E-state index contributed by atoms with van der Waals surface area (Å²) in [5, 5.41) is 3.00. The Hall–Kier alpha value is -2.28. The summed E-state index contributed by atoms with van der Waals surface area (Å²) in [6.07, 6.45) is 0. The molecule has 0 aliphatic heterocycles. The highest BCUT2D eigenvalue weighted by Crippen LogP contribution is 2.23. The first-order valence-electron chi connectivity index (χ1n) is 5.63. The SMILES string of the molecule is COC(=O)c1cccc(NCCOCC(N)=O)c1N. The van der Waals surface area contributed by atoms with E-state index in [-0.39, 0.29) is 6.61 Å². The lowest BCUT2D eigenvalue weighted by molar-refractivity contribution is -0.122. The number of benzene rings is 1. The monoisotopic (exact) mass is 267 g/mol. The van der Waals surface area contributed by atoms with E-state index in [0.717, 1.165) is 0 Å². The second kappa shape index (κ2) is 7.22. The molecule has 104 valence electrons. The molecule has 0 atom stereocenters. The summed E-state index contributed by atoms with van der Waals surface area (Å²) in [4.78, 5) is 21.9. The van der Waals surface area contributed by atoms with E-state index in [2.05, 4.69) is 10.1 Å². The molecule has 0 saturated carbocycles. The Kier molecular flexibility index (Phi) is 5.62. The number of nitrogens with one attached hydrogen (secondary N) is 1. The molecule has 0 heterocycles. The lowest BCUT2D eigenvalue weighted by Crippen LogP contribution is -2.21. The van der Waals surface area contributed by atoms with Gasteiger partial charge in [0.15, 0.2) is 0 Å². The molecule has 0 bridgehead atoms. The van der Waals surface area contributed by atoms with Crippen LogP contribution in [-0.2, 0) is 14.3 Å². The molecule has 0 saturated heterocycles. The molecule has 5 N–H and O–H groups in total. The van der Waals surface area contributed by atoms with Crippen molar-refractivity contribution in [3.8, 4) is 0 Å². The van der Waals surface area contributed by atoms with Crippen LogP contribution in [0.4, 0.5) is 11.4 Å². The molecular formula is C12H17N3O4. The Morgan fingerprint density at radius 2 is 2.11 bits per heavy atom. The number of carbonyl (C=O) groups is 2. The number of hydrogen-bond donors (Lipinski definition) is 3. The van der Waals surface area contributed by atoms with E-state index >= 15 is 0 Å². The van der Waals surface area contributed by atoms with Gasteiger partial charge < -0.3 is 26.3 Å². The van der Waals surface area contributed by atoms with E-state index in [1.807, 2.05) is 0 Å². The molecule has 0 aromatic heterocycles. The molecule has 7 nitrogen and oxygen atoms in total. The van der Waals surface area contributed by atoms with Crippen molar-refractivity contribution in [1.82, 2.24) is 0 Å². The van der Waals surface area contributed by atoms with Gasteiger partial charge in [0.05, 0.1) is 30.7 Å². The first kappa shape index (κ1) is 14.8. The Morgan fingerprint density at radius 1 is 1.37 bits per heavy atom. The number of esters is 1. The molecule has 19 heavy (non-hydrogen) atoms. The number of ether oxygens (including phenoxy) is 2. The Bertz CT molecular complexity index is 462. The van der Waals surface area contributed by atoms with Crippen molar-refractivity contribution in [2.75, 3.05) is 37.9 Å². The topological polar surface area (TPSA) is 117 Å². The molecule has 0 aliphatic rings. The molecule has 7 heteroatoms. The van der Waals surface area contributed by atoms with Crippen LogP contribution in [0.15, 0.2) is 18.2 Å². The summed E-state index contributed by atoms with van der Waals surface area (Å²) < 4.78 is 9.60. The Balaban J connectivity index is 2.54. The fraction of sp³-hybridized carbons (Fsp3) is 0.333. The van der Waals surface area contributed by atoms with Crippen molar-refractivity contribution in [1.29, 1.82) is 0 Å². The minimum absolute atomic E-state index is 0.126. The van der Waals surface area contributed by atoms with Crippen molar-refractivity contribution in [3.63, 3.8) is 0 Å². The van der Waals surface area contributed by atoms with Gasteiger partial charge in [-0.15, -0.1) is 0 Å². The van der Waals surface area contributed by atoms with E-state index in [1.54, 1.807) is 18.2 Å². The van der Waals surface area contributed by atoms with Gasteiger partial charge in [0.1, 0.15) is 6.61 Å². The number of carbonyl (C=O) groups excluding carboxylic acids is 2. The minimum Gasteiger partial charge on any atom is -0.465 e. The average molecular weight is 267 g/mol. The maximum Gasteiger partial charge on any atom is 0.340 e. The predicted molar refractivity (Wildman–Crippen MR) is 70.7 cm³/mol. The van der Waals surface area contributed by atoms with Gasteiger partial charge in [0, 0.05) is 6.54 Å². The molecule has 1 amide bonds. The zero-order valence-electron chi connectivity index (χ0n) is 10.6. The second-order valence-electron chi connectivity index (χ2n) is 3.70. The lowest BCUT2D eigenvalue weighted by atomic mass is 10.1. The van der Waals surface area contributed by atoms with Gasteiger partial charge in [0.2, 0.25) is 5.91 Å². The van der Waals surface area contributed by atoms with Crippen molar-refractivity contribution in [3.05, 3.63) is 23.8 Å². The second-order valence-corrected chi connectivity index (χ2v) is 3.70. The first-order chi connectivity index (χ1) is 9.06. The van der Waals surface area contributed by atoms with Gasteiger partial charge in [-0.25, -0.2) is 4.79 Å². The van der Waals surface area contributed by atoms with Gasteiger partial charge >= 0.3 is 5.97 Å². The zero-order chi connectivity index (χ0) is 14.3. The van der Waals surface area contributed by atoms with Crippen molar-refractivity contribution in [2.45, 2.75) is 0 Å². The highest BCUT2D eigenvalue weighted by molar-refractivity contribution is 5.98. The summed E-state index contributed by atoms with van der Waals surface area (Å²) >= 11 is 0. The van der Waals surface area contributed by atoms with Gasteiger partial charge in [-0.2, -0.15) is 0 Å². The highest BCUT2D eigenvalue weighted by atomic mass is 16.5. The van der Waals surface area contributed by atoms with Crippen molar-refractivity contribution < 1.29 is 19.1 Å². The third-order valence-corrected chi connectivity index (χ3v) is 2.32. The first-order valence-corrected chi connectivity index (χ1v) is 5.63. The number of rotatable bonds is 7. The largest absolute Gasteiger partial charge is 0.465 e. The Morgan fingerprint density at radius 3 is 2.74 bits per heavy atom. The number of nitrogen functional groups attached to an aromatic ring is 1. The molecule has 0 unspecified atom stereocenters. The predicted octanol–water partition coefficient (Wildman–Crippen LogP) is -0.0308. The van der Waals surface area contributed by atoms with E-state index in [1.165, 1.54) is 7.11 Å². The third kappa shape index (κ3) is 4.47. The van der Waals surface area contributed by atoms with Crippen molar-refractivity contribution in [2.24, 2.45) is 5.73 Å². The zero-order valence-corrected chi connectivity index (χ0v) is 10.6. The molecule has 1 aromatic carbocycles. The van der Waals surface area contributed by atoms with Gasteiger partial charge in [-0.1, -0.05) is 6.07 Å². The number of hydrogen-bond acceptors (Lipinski definition) is 6. The van der Waals surface area contributed by atoms with Crippen LogP contribution in [-0.4, -0.2) is 38.7 Å². The smallest absolute Gasteiger partial charge is 0.340 e. The van der Waals surface area contributed by atoms with Crippen LogP contribution in [0, 0.1) is 0 Å². The van der Waals surface area contributed by atoms with E-state index in [0.29, 0.717) is 30.1 Å². The van der Waals surface area contributed by atoms with Crippen molar-refractivity contribution >= 4 is 23.3 Å². The minimum atomic E-state index is -0.521. The fourth-order valence-corrected chi connectivity index (χ4v) is 1.44. The van der Waals surface area contributed by atoms with Crippen LogP contribution < -0.4 is 16.8 Å². The average Bonchev–Trinajstić information content (AvgIpc) is 2.39. The van der Waals surface area contributed by atoms with Crippen LogP contribution in [0.2, 0.25) is 0 Å². The maximum atomic E-state index is 11.4. The third-order valence-electron chi connectivity index (χ3n) is 2.32. The highest BCUT2D eigenvalue weighted by Gasteiger charge is 2.12. The normalized spacial score (nSPS) is 9.95. The van der Waals surface area contributed by atoms with Crippen LogP contribution in [0.3, 0.4) is 0 Å². The van der Waals surface area contributed by atoms with Crippen LogP contribution in [0.5, 0.6) is 0 Å². The molecule has 0 radical (unpaired) electrons. The molecule has 1 rings (SSSR count). The van der Waals surface area contributed by atoms with E-state index in [9.17, 15) is 9.59 Å². The summed E-state index contributed by atoms with van der Waals surface area (Å²) in [7, 11) is 1.29. The fourth-order valence-electron chi connectivity index (χ4n) is 1.44. The summed E-state index contributed by atoms with van der Waals surface area (Å²) in [6, 6.07) is 5.00.